The Morgan fingerprint density at radius 2 is 1.38 bits per heavy atom. The normalized spacial score (nSPS) is 13.5. The monoisotopic (exact) mass is 364 g/mol. The van der Waals surface area contributed by atoms with E-state index in [-0.39, 0.29) is 12.6 Å². The van der Waals surface area contributed by atoms with Crippen molar-refractivity contribution in [1.82, 2.24) is 0 Å². The van der Waals surface area contributed by atoms with Gasteiger partial charge in [0.25, 0.3) is 0 Å². The second-order valence-corrected chi connectivity index (χ2v) is 6.15. The standard InChI is InChI=1S/C22H36O4/c1-2-3-4-5-6-7-8-9-10-11-12-13-14-15-16-17-18-22(25)26-20-21(24)19-23/h5-6,8-9,11-12,14-15,21,23-24H,2-4,7,10,13,16-20H2,1H3/b6-5-,9-8-,12-11-,15-14-. The lowest BCUT2D eigenvalue weighted by molar-refractivity contribution is -0.147. The first-order valence-electron chi connectivity index (χ1n) is 9.75. The summed E-state index contributed by atoms with van der Waals surface area (Å²) >= 11 is 0. The molecule has 4 nitrogen and oxygen atoms in total. The van der Waals surface area contributed by atoms with Gasteiger partial charge in [-0.15, -0.1) is 0 Å². The molecule has 0 bridgehead atoms. The number of esters is 1. The maximum atomic E-state index is 11.4. The van der Waals surface area contributed by atoms with Gasteiger partial charge in [-0.1, -0.05) is 68.4 Å². The zero-order valence-corrected chi connectivity index (χ0v) is 16.2. The fourth-order valence-electron chi connectivity index (χ4n) is 2.05. The average molecular weight is 365 g/mol. The van der Waals surface area contributed by atoms with Gasteiger partial charge in [-0.2, -0.15) is 0 Å². The average Bonchev–Trinajstić information content (AvgIpc) is 2.65. The van der Waals surface area contributed by atoms with E-state index < -0.39 is 12.7 Å². The first-order chi connectivity index (χ1) is 12.7. The molecule has 0 aromatic heterocycles. The third-order valence-corrected chi connectivity index (χ3v) is 3.61. The molecular formula is C22H36O4. The Labute approximate surface area is 159 Å². The van der Waals surface area contributed by atoms with Gasteiger partial charge in [0.1, 0.15) is 12.7 Å². The lowest BCUT2D eigenvalue weighted by Gasteiger charge is -2.07. The van der Waals surface area contributed by atoms with Crippen molar-refractivity contribution >= 4 is 5.97 Å². The largest absolute Gasteiger partial charge is 0.463 e. The van der Waals surface area contributed by atoms with E-state index in [2.05, 4.69) is 55.5 Å². The van der Waals surface area contributed by atoms with Crippen molar-refractivity contribution < 1.29 is 19.7 Å². The summed E-state index contributed by atoms with van der Waals surface area (Å²) in [6.45, 7) is 1.68. The fourth-order valence-corrected chi connectivity index (χ4v) is 2.05. The van der Waals surface area contributed by atoms with Crippen molar-refractivity contribution in [3.05, 3.63) is 48.6 Å². The van der Waals surface area contributed by atoms with Crippen LogP contribution in [0.25, 0.3) is 0 Å². The molecule has 26 heavy (non-hydrogen) atoms. The molecule has 0 aromatic rings. The maximum absolute atomic E-state index is 11.4. The molecule has 0 saturated carbocycles. The first-order valence-corrected chi connectivity index (χ1v) is 9.75. The minimum absolute atomic E-state index is 0.139. The number of ether oxygens (including phenoxy) is 1. The number of hydrogen-bond donors (Lipinski definition) is 2. The SMILES string of the molecule is CCCC/C=C\C/C=C\C/C=C\C/C=C\CCCC(=O)OCC(O)CO. The Hall–Kier alpha value is -1.65. The number of carbonyl (C=O) groups is 1. The summed E-state index contributed by atoms with van der Waals surface area (Å²) in [6.07, 6.45) is 24.8. The number of aliphatic hydroxyl groups excluding tert-OH is 2. The highest BCUT2D eigenvalue weighted by atomic mass is 16.5. The molecule has 4 heteroatoms. The van der Waals surface area contributed by atoms with E-state index in [9.17, 15) is 4.79 Å². The van der Waals surface area contributed by atoms with Crippen LogP contribution in [0.5, 0.6) is 0 Å². The summed E-state index contributed by atoms with van der Waals surface area (Å²) in [7, 11) is 0. The third-order valence-electron chi connectivity index (χ3n) is 3.61. The van der Waals surface area contributed by atoms with Gasteiger partial charge in [-0.25, -0.2) is 0 Å². The summed E-state index contributed by atoms with van der Waals surface area (Å²) in [5, 5.41) is 17.7. The van der Waals surface area contributed by atoms with Gasteiger partial charge in [-0.05, 0) is 38.5 Å². The minimum Gasteiger partial charge on any atom is -0.463 e. The summed E-state index contributed by atoms with van der Waals surface area (Å²) in [5.74, 6) is -0.335. The van der Waals surface area contributed by atoms with Gasteiger partial charge in [0.15, 0.2) is 0 Å². The van der Waals surface area contributed by atoms with Crippen LogP contribution in [0.1, 0.15) is 64.7 Å². The van der Waals surface area contributed by atoms with Gasteiger partial charge in [0.2, 0.25) is 0 Å². The zero-order valence-electron chi connectivity index (χ0n) is 16.2. The second kappa shape index (κ2) is 19.7. The van der Waals surface area contributed by atoms with Crippen LogP contribution in [0.2, 0.25) is 0 Å². The number of aliphatic hydroxyl groups is 2. The van der Waals surface area contributed by atoms with Crippen molar-refractivity contribution in [2.24, 2.45) is 0 Å². The molecule has 1 unspecified atom stereocenters. The highest BCUT2D eigenvalue weighted by molar-refractivity contribution is 5.69. The van der Waals surface area contributed by atoms with Crippen LogP contribution in [0.3, 0.4) is 0 Å². The zero-order chi connectivity index (χ0) is 19.3. The van der Waals surface area contributed by atoms with Crippen LogP contribution in [0.15, 0.2) is 48.6 Å². The predicted octanol–water partition coefficient (Wildman–Crippen LogP) is 4.64. The lowest BCUT2D eigenvalue weighted by Crippen LogP contribution is -2.21. The Morgan fingerprint density at radius 3 is 1.88 bits per heavy atom. The van der Waals surface area contributed by atoms with Crippen LogP contribution in [0, 0.1) is 0 Å². The molecule has 2 N–H and O–H groups in total. The van der Waals surface area contributed by atoms with E-state index >= 15 is 0 Å². The van der Waals surface area contributed by atoms with Crippen molar-refractivity contribution in [1.29, 1.82) is 0 Å². The Kier molecular flexibility index (Phi) is 18.4. The van der Waals surface area contributed by atoms with E-state index in [1.54, 1.807) is 0 Å². The topological polar surface area (TPSA) is 66.8 Å². The number of carbonyl (C=O) groups excluding carboxylic acids is 1. The molecule has 0 heterocycles. The Balaban J connectivity index is 3.50. The molecule has 0 aliphatic heterocycles. The van der Waals surface area contributed by atoms with Gasteiger partial charge in [-0.3, -0.25) is 4.79 Å². The molecule has 0 aromatic carbocycles. The molecule has 0 spiro atoms. The molecule has 0 aliphatic carbocycles. The number of allylic oxidation sites excluding steroid dienone is 8. The molecule has 1 atom stereocenters. The van der Waals surface area contributed by atoms with E-state index in [1.807, 2.05) is 0 Å². The molecule has 0 rings (SSSR count). The van der Waals surface area contributed by atoms with E-state index in [0.717, 1.165) is 32.1 Å². The molecule has 0 amide bonds. The molecule has 0 fully saturated rings. The summed E-state index contributed by atoms with van der Waals surface area (Å²) < 4.78 is 4.82. The highest BCUT2D eigenvalue weighted by Crippen LogP contribution is 2.01. The lowest BCUT2D eigenvalue weighted by atomic mass is 10.2. The minimum atomic E-state index is -0.984. The van der Waals surface area contributed by atoms with Crippen molar-refractivity contribution in [2.75, 3.05) is 13.2 Å². The molecule has 148 valence electrons. The third kappa shape index (κ3) is 18.7. The number of hydrogen-bond acceptors (Lipinski definition) is 4. The molecule has 0 saturated heterocycles. The van der Waals surface area contributed by atoms with E-state index in [4.69, 9.17) is 14.9 Å². The van der Waals surface area contributed by atoms with Crippen molar-refractivity contribution in [3.8, 4) is 0 Å². The molecule has 0 aliphatic rings. The fraction of sp³-hybridized carbons (Fsp3) is 0.591. The predicted molar refractivity (Wildman–Crippen MR) is 108 cm³/mol. The quantitative estimate of drug-likeness (QED) is 0.238. The summed E-state index contributed by atoms with van der Waals surface area (Å²) in [6, 6.07) is 0. The van der Waals surface area contributed by atoms with E-state index in [0.29, 0.717) is 6.42 Å². The number of unbranched alkanes of at least 4 members (excludes halogenated alkanes) is 3. The van der Waals surface area contributed by atoms with Crippen molar-refractivity contribution in [2.45, 2.75) is 70.8 Å². The summed E-state index contributed by atoms with van der Waals surface area (Å²) in [4.78, 5) is 11.4. The van der Waals surface area contributed by atoms with Gasteiger partial charge >= 0.3 is 5.97 Å². The van der Waals surface area contributed by atoms with Crippen molar-refractivity contribution in [3.63, 3.8) is 0 Å². The van der Waals surface area contributed by atoms with Crippen LogP contribution in [-0.2, 0) is 9.53 Å². The molecule has 0 radical (unpaired) electrons. The Morgan fingerprint density at radius 1 is 0.885 bits per heavy atom. The van der Waals surface area contributed by atoms with Crippen LogP contribution >= 0.6 is 0 Å². The van der Waals surface area contributed by atoms with Crippen LogP contribution in [-0.4, -0.2) is 35.5 Å². The highest BCUT2D eigenvalue weighted by Gasteiger charge is 2.06. The first kappa shape index (κ1) is 24.4. The molecular weight excluding hydrogens is 328 g/mol. The number of rotatable bonds is 16. The Bertz CT molecular complexity index is 435. The van der Waals surface area contributed by atoms with E-state index in [1.165, 1.54) is 19.3 Å². The maximum Gasteiger partial charge on any atom is 0.305 e. The van der Waals surface area contributed by atoms with Gasteiger partial charge < -0.3 is 14.9 Å². The van der Waals surface area contributed by atoms with Crippen LogP contribution in [0.4, 0.5) is 0 Å². The second-order valence-electron chi connectivity index (χ2n) is 6.15. The van der Waals surface area contributed by atoms with Crippen LogP contribution < -0.4 is 0 Å². The van der Waals surface area contributed by atoms with Gasteiger partial charge in [0, 0.05) is 6.42 Å². The van der Waals surface area contributed by atoms with Gasteiger partial charge in [0.05, 0.1) is 6.61 Å². The smallest absolute Gasteiger partial charge is 0.305 e. The summed E-state index contributed by atoms with van der Waals surface area (Å²) in [5.41, 5.74) is 0.